The second-order valence-corrected chi connectivity index (χ2v) is 7.78. The van der Waals surface area contributed by atoms with Crippen LogP contribution in [0.15, 0.2) is 0 Å². The molecule has 2 saturated carbocycles. The monoisotopic (exact) mass is 278 g/mol. The molecule has 18 heavy (non-hydrogen) atoms. The van der Waals surface area contributed by atoms with Crippen molar-refractivity contribution in [2.75, 3.05) is 6.61 Å². The minimum atomic E-state index is -3.77. The molecule has 3 nitrogen and oxygen atoms in total. The number of hydrogen-bond donors (Lipinski definition) is 1. The van der Waals surface area contributed by atoms with Crippen molar-refractivity contribution in [2.45, 2.75) is 69.6 Å². The van der Waals surface area contributed by atoms with Gasteiger partial charge in [-0.25, -0.2) is 4.39 Å². The summed E-state index contributed by atoms with van der Waals surface area (Å²) in [5.74, 6) is 0.390. The molecule has 2 aliphatic carbocycles. The smallest absolute Gasteiger partial charge is 0.324 e. The third kappa shape index (κ3) is 3.79. The summed E-state index contributed by atoms with van der Waals surface area (Å²) >= 11 is 0. The van der Waals surface area contributed by atoms with E-state index < -0.39 is 19.4 Å². The molecule has 1 N–H and O–H groups in total. The van der Waals surface area contributed by atoms with Gasteiger partial charge in [-0.3, -0.25) is 4.57 Å². The molecule has 2 fully saturated rings. The highest BCUT2D eigenvalue weighted by Crippen LogP contribution is 2.54. The molecule has 3 unspecified atom stereocenters. The van der Waals surface area contributed by atoms with E-state index in [2.05, 4.69) is 0 Å². The Kier molecular flexibility index (Phi) is 5.23. The second-order valence-electron chi connectivity index (χ2n) is 5.73. The molecule has 0 aromatic carbocycles. The van der Waals surface area contributed by atoms with Crippen LogP contribution < -0.4 is 0 Å². The summed E-state index contributed by atoms with van der Waals surface area (Å²) in [4.78, 5) is 9.93. The van der Waals surface area contributed by atoms with E-state index in [1.54, 1.807) is 0 Å². The van der Waals surface area contributed by atoms with Crippen molar-refractivity contribution < 1.29 is 18.4 Å². The summed E-state index contributed by atoms with van der Waals surface area (Å²) in [5.41, 5.74) is -0.783. The lowest BCUT2D eigenvalue weighted by molar-refractivity contribution is 0.162. The maximum atomic E-state index is 13.7. The Hall–Kier alpha value is 0.0800. The zero-order valence-corrected chi connectivity index (χ0v) is 11.8. The minimum Gasteiger partial charge on any atom is -0.324 e. The molecule has 5 heteroatoms. The van der Waals surface area contributed by atoms with Crippen LogP contribution in [0.4, 0.5) is 4.39 Å². The minimum absolute atomic E-state index is 0.330. The molecule has 106 valence electrons. The van der Waals surface area contributed by atoms with Gasteiger partial charge in [0.15, 0.2) is 0 Å². The Morgan fingerprint density at radius 2 is 1.67 bits per heavy atom. The standard InChI is InChI=1S/C13H24FO3P/c14-12-8-4-5-9-13(12)18(15,16)17-10-11-6-2-1-3-7-11/h11-13H,1-10H2,(H,15,16). The van der Waals surface area contributed by atoms with Gasteiger partial charge in [-0.05, 0) is 31.6 Å². The van der Waals surface area contributed by atoms with Crippen molar-refractivity contribution in [3.63, 3.8) is 0 Å². The number of hydrogen-bond acceptors (Lipinski definition) is 2. The molecule has 3 atom stereocenters. The fourth-order valence-electron chi connectivity index (χ4n) is 3.10. The van der Waals surface area contributed by atoms with Gasteiger partial charge in [-0.2, -0.15) is 0 Å². The molecule has 0 radical (unpaired) electrons. The molecule has 0 aromatic rings. The van der Waals surface area contributed by atoms with E-state index in [9.17, 15) is 13.8 Å². The Morgan fingerprint density at radius 3 is 2.33 bits per heavy atom. The topological polar surface area (TPSA) is 46.5 Å². The van der Waals surface area contributed by atoms with Gasteiger partial charge >= 0.3 is 7.60 Å². The predicted molar refractivity (Wildman–Crippen MR) is 69.5 cm³/mol. The zero-order valence-electron chi connectivity index (χ0n) is 10.9. The maximum Gasteiger partial charge on any atom is 0.334 e. The van der Waals surface area contributed by atoms with E-state index in [-0.39, 0.29) is 0 Å². The molecule has 0 bridgehead atoms. The Balaban J connectivity index is 1.83. The van der Waals surface area contributed by atoms with Gasteiger partial charge in [0.1, 0.15) is 6.17 Å². The summed E-state index contributed by atoms with van der Waals surface area (Å²) in [6.07, 6.45) is 7.14. The van der Waals surface area contributed by atoms with Crippen LogP contribution in [0.2, 0.25) is 0 Å². The van der Waals surface area contributed by atoms with E-state index in [1.807, 2.05) is 0 Å². The van der Waals surface area contributed by atoms with E-state index >= 15 is 0 Å². The van der Waals surface area contributed by atoms with Crippen LogP contribution in [0, 0.1) is 5.92 Å². The molecule has 0 saturated heterocycles. The third-order valence-electron chi connectivity index (χ3n) is 4.29. The van der Waals surface area contributed by atoms with Crippen molar-refractivity contribution in [1.29, 1.82) is 0 Å². The fraction of sp³-hybridized carbons (Fsp3) is 1.00. The number of halogens is 1. The van der Waals surface area contributed by atoms with Gasteiger partial charge in [0.2, 0.25) is 0 Å². The first kappa shape index (κ1) is 14.5. The van der Waals surface area contributed by atoms with Crippen LogP contribution in [0.1, 0.15) is 57.8 Å². The van der Waals surface area contributed by atoms with Crippen LogP contribution in [-0.4, -0.2) is 23.3 Å². The molecular weight excluding hydrogens is 254 g/mol. The highest BCUT2D eigenvalue weighted by atomic mass is 31.2. The molecule has 0 heterocycles. The summed E-state index contributed by atoms with van der Waals surface area (Å²) in [5, 5.41) is 0. The lowest BCUT2D eigenvalue weighted by Gasteiger charge is -2.30. The predicted octanol–water partition coefficient (Wildman–Crippen LogP) is 4.05. The van der Waals surface area contributed by atoms with E-state index in [0.29, 0.717) is 25.4 Å². The summed E-state index contributed by atoms with van der Waals surface area (Å²) in [6, 6.07) is 0. The van der Waals surface area contributed by atoms with Gasteiger partial charge in [0, 0.05) is 0 Å². The average molecular weight is 278 g/mol. The first-order valence-corrected chi connectivity index (χ1v) is 8.85. The highest BCUT2D eigenvalue weighted by molar-refractivity contribution is 7.53. The SMILES string of the molecule is O=P(O)(OCC1CCCCC1)C1CCCCC1F. The van der Waals surface area contributed by atoms with Crippen molar-refractivity contribution in [3.05, 3.63) is 0 Å². The van der Waals surface area contributed by atoms with Crippen LogP contribution in [0.5, 0.6) is 0 Å². The van der Waals surface area contributed by atoms with Gasteiger partial charge in [-0.15, -0.1) is 0 Å². The first-order valence-electron chi connectivity index (χ1n) is 7.20. The van der Waals surface area contributed by atoms with Crippen molar-refractivity contribution in [2.24, 2.45) is 5.92 Å². The maximum absolute atomic E-state index is 13.7. The summed E-state index contributed by atoms with van der Waals surface area (Å²) < 4.78 is 31.1. The fourth-order valence-corrected chi connectivity index (χ4v) is 4.78. The number of rotatable bonds is 4. The van der Waals surface area contributed by atoms with Gasteiger partial charge < -0.3 is 9.42 Å². The van der Waals surface area contributed by atoms with Gasteiger partial charge in [0.05, 0.1) is 12.3 Å². The molecule has 2 rings (SSSR count). The van der Waals surface area contributed by atoms with Crippen LogP contribution in [-0.2, 0) is 9.09 Å². The Bertz CT molecular complexity index is 305. The quantitative estimate of drug-likeness (QED) is 0.789. The Labute approximate surface area is 109 Å². The molecule has 0 aromatic heterocycles. The van der Waals surface area contributed by atoms with E-state index in [4.69, 9.17) is 4.52 Å². The second kappa shape index (κ2) is 6.49. The molecule has 2 aliphatic rings. The lowest BCUT2D eigenvalue weighted by atomic mass is 9.90. The van der Waals surface area contributed by atoms with E-state index in [0.717, 1.165) is 25.7 Å². The van der Waals surface area contributed by atoms with Crippen molar-refractivity contribution >= 4 is 7.60 Å². The highest BCUT2D eigenvalue weighted by Gasteiger charge is 2.40. The zero-order chi connectivity index (χ0) is 13.0. The number of alkyl halides is 1. The lowest BCUT2D eigenvalue weighted by Crippen LogP contribution is -2.28. The van der Waals surface area contributed by atoms with Gasteiger partial charge in [0.25, 0.3) is 0 Å². The van der Waals surface area contributed by atoms with Crippen LogP contribution in [0.25, 0.3) is 0 Å². The molecule has 0 amide bonds. The third-order valence-corrected chi connectivity index (χ3v) is 6.23. The van der Waals surface area contributed by atoms with Crippen molar-refractivity contribution in [3.8, 4) is 0 Å². The largest absolute Gasteiger partial charge is 0.334 e. The van der Waals surface area contributed by atoms with Crippen LogP contribution >= 0.6 is 7.60 Å². The first-order chi connectivity index (χ1) is 8.59. The van der Waals surface area contributed by atoms with Gasteiger partial charge in [-0.1, -0.05) is 32.1 Å². The molecule has 0 aliphatic heterocycles. The normalized spacial score (nSPS) is 34.1. The Morgan fingerprint density at radius 1 is 1.06 bits per heavy atom. The van der Waals surface area contributed by atoms with Crippen LogP contribution in [0.3, 0.4) is 0 Å². The van der Waals surface area contributed by atoms with E-state index in [1.165, 1.54) is 19.3 Å². The summed E-state index contributed by atoms with van der Waals surface area (Å²) in [6.45, 7) is 0.330. The molecule has 0 spiro atoms. The average Bonchev–Trinajstić information content (AvgIpc) is 2.38. The molecular formula is C13H24FO3P. The summed E-state index contributed by atoms with van der Waals surface area (Å²) in [7, 11) is -3.77. The van der Waals surface area contributed by atoms with Crippen molar-refractivity contribution in [1.82, 2.24) is 0 Å².